The van der Waals surface area contributed by atoms with Crippen LogP contribution in [0.5, 0.6) is 0 Å². The highest BCUT2D eigenvalue weighted by atomic mass is 35.5. The Kier molecular flexibility index (Phi) is 2.80. The lowest BCUT2D eigenvalue weighted by molar-refractivity contribution is 0.959. The van der Waals surface area contributed by atoms with Crippen LogP contribution in [0.25, 0.3) is 0 Å². The van der Waals surface area contributed by atoms with E-state index in [1.807, 2.05) is 24.3 Å². The maximum Gasteiger partial charge on any atom is 0.135 e. The lowest BCUT2D eigenvalue weighted by Crippen LogP contribution is -2.33. The number of hydrogen-bond acceptors (Lipinski definition) is 4. The van der Waals surface area contributed by atoms with E-state index in [0.717, 1.165) is 5.56 Å². The van der Waals surface area contributed by atoms with Gasteiger partial charge in [0.05, 0.1) is 17.1 Å². The summed E-state index contributed by atoms with van der Waals surface area (Å²) in [5, 5.41) is 12.2. The van der Waals surface area contributed by atoms with Crippen molar-refractivity contribution in [3.63, 3.8) is 0 Å². The summed E-state index contributed by atoms with van der Waals surface area (Å²) in [4.78, 5) is 4.22. The fraction of sp³-hybridized carbons (Fsp3) is 0.0909. The van der Waals surface area contributed by atoms with E-state index >= 15 is 0 Å². The molecule has 80 valence electrons. The minimum atomic E-state index is 0.288. The molecular formula is C11H9ClN4. The van der Waals surface area contributed by atoms with Crippen LogP contribution in [0.2, 0.25) is 5.02 Å². The van der Waals surface area contributed by atoms with E-state index in [-0.39, 0.29) is 6.54 Å². The molecule has 1 aliphatic heterocycles. The fourth-order valence-electron chi connectivity index (χ4n) is 1.39. The molecule has 1 aromatic carbocycles. The lowest BCUT2D eigenvalue weighted by Gasteiger charge is -2.16. The number of halogens is 1. The van der Waals surface area contributed by atoms with E-state index in [1.165, 1.54) is 0 Å². The first kappa shape index (κ1) is 10.5. The molecule has 0 fully saturated rings. The Balaban J connectivity index is 2.32. The molecule has 0 spiro atoms. The molecule has 3 N–H and O–H groups in total. The standard InChI is InChI=1S/C11H9ClN4/c12-9-4-2-1-3-8(9)11-15-6-7(5-13)10(14)16-11/h1-4H,6,14H2,(H,15,16). The first-order valence-electron chi connectivity index (χ1n) is 4.67. The fourth-order valence-corrected chi connectivity index (χ4v) is 1.61. The average molecular weight is 233 g/mol. The van der Waals surface area contributed by atoms with Gasteiger partial charge in [0.15, 0.2) is 0 Å². The van der Waals surface area contributed by atoms with E-state index in [1.54, 1.807) is 6.07 Å². The predicted octanol–water partition coefficient (Wildman–Crippen LogP) is 1.38. The second kappa shape index (κ2) is 4.25. The molecule has 0 radical (unpaired) electrons. The topological polar surface area (TPSA) is 74.2 Å². The van der Waals surface area contributed by atoms with Crippen molar-refractivity contribution in [1.82, 2.24) is 5.32 Å². The van der Waals surface area contributed by atoms with Gasteiger partial charge < -0.3 is 11.1 Å². The molecular weight excluding hydrogens is 224 g/mol. The minimum Gasteiger partial charge on any atom is -0.384 e. The quantitative estimate of drug-likeness (QED) is 0.768. The van der Waals surface area contributed by atoms with Gasteiger partial charge in [0.1, 0.15) is 17.7 Å². The van der Waals surface area contributed by atoms with Crippen LogP contribution in [-0.4, -0.2) is 12.4 Å². The number of nitriles is 1. The number of nitrogens with zero attached hydrogens (tertiary/aromatic N) is 2. The van der Waals surface area contributed by atoms with Crippen molar-refractivity contribution < 1.29 is 0 Å². The second-order valence-corrected chi connectivity index (χ2v) is 3.68. The first-order chi connectivity index (χ1) is 7.72. The van der Waals surface area contributed by atoms with Crippen LogP contribution in [0.3, 0.4) is 0 Å². The Hall–Kier alpha value is -1.99. The maximum absolute atomic E-state index is 8.75. The molecule has 0 aromatic heterocycles. The molecule has 0 unspecified atom stereocenters. The number of nitrogens with one attached hydrogen (secondary N) is 1. The van der Waals surface area contributed by atoms with Crippen molar-refractivity contribution in [1.29, 1.82) is 5.26 Å². The van der Waals surface area contributed by atoms with Gasteiger partial charge in [-0.2, -0.15) is 5.26 Å². The van der Waals surface area contributed by atoms with Crippen LogP contribution < -0.4 is 11.1 Å². The molecule has 0 saturated carbocycles. The number of aliphatic imine (C=N–C) groups is 1. The Morgan fingerprint density at radius 2 is 2.19 bits per heavy atom. The summed E-state index contributed by atoms with van der Waals surface area (Å²) in [5.41, 5.74) is 6.91. The SMILES string of the molecule is N#CC1=C(N)NC(c2ccccc2Cl)=NC1. The van der Waals surface area contributed by atoms with Crippen molar-refractivity contribution in [2.75, 3.05) is 6.54 Å². The molecule has 5 heteroatoms. The van der Waals surface area contributed by atoms with E-state index in [2.05, 4.69) is 10.3 Å². The van der Waals surface area contributed by atoms with Gasteiger partial charge in [-0.3, -0.25) is 4.99 Å². The summed E-state index contributed by atoms with van der Waals surface area (Å²) < 4.78 is 0. The molecule has 16 heavy (non-hydrogen) atoms. The summed E-state index contributed by atoms with van der Waals surface area (Å²) in [6, 6.07) is 9.33. The van der Waals surface area contributed by atoms with E-state index in [4.69, 9.17) is 22.6 Å². The zero-order chi connectivity index (χ0) is 11.5. The predicted molar refractivity (Wildman–Crippen MR) is 62.8 cm³/mol. The van der Waals surface area contributed by atoms with Gasteiger partial charge in [-0.25, -0.2) is 0 Å². The summed E-state index contributed by atoms with van der Waals surface area (Å²) in [6.07, 6.45) is 0. The number of amidine groups is 1. The molecule has 1 aliphatic rings. The smallest absolute Gasteiger partial charge is 0.135 e. The number of hydrogen-bond donors (Lipinski definition) is 2. The lowest BCUT2D eigenvalue weighted by atomic mass is 10.1. The monoisotopic (exact) mass is 232 g/mol. The molecule has 0 saturated heterocycles. The minimum absolute atomic E-state index is 0.288. The van der Waals surface area contributed by atoms with Gasteiger partial charge in [-0.1, -0.05) is 23.7 Å². The van der Waals surface area contributed by atoms with E-state index in [0.29, 0.717) is 22.3 Å². The number of benzene rings is 1. The summed E-state index contributed by atoms with van der Waals surface area (Å²) >= 11 is 6.03. The third-order valence-electron chi connectivity index (χ3n) is 2.24. The summed E-state index contributed by atoms with van der Waals surface area (Å²) in [5.74, 6) is 0.939. The highest BCUT2D eigenvalue weighted by Crippen LogP contribution is 2.17. The van der Waals surface area contributed by atoms with Gasteiger partial charge in [0.2, 0.25) is 0 Å². The molecule has 0 bridgehead atoms. The molecule has 4 nitrogen and oxygen atoms in total. The highest BCUT2D eigenvalue weighted by molar-refractivity contribution is 6.34. The van der Waals surface area contributed by atoms with Crippen LogP contribution in [-0.2, 0) is 0 Å². The molecule has 0 atom stereocenters. The van der Waals surface area contributed by atoms with Crippen molar-refractivity contribution in [3.8, 4) is 6.07 Å². The van der Waals surface area contributed by atoms with Crippen LogP contribution in [0, 0.1) is 11.3 Å². The Morgan fingerprint density at radius 3 is 2.81 bits per heavy atom. The Labute approximate surface area is 98.0 Å². The van der Waals surface area contributed by atoms with Crippen LogP contribution in [0.15, 0.2) is 40.7 Å². The average Bonchev–Trinajstić information content (AvgIpc) is 2.29. The van der Waals surface area contributed by atoms with Gasteiger partial charge in [0.25, 0.3) is 0 Å². The molecule has 1 heterocycles. The van der Waals surface area contributed by atoms with Crippen LogP contribution >= 0.6 is 11.6 Å². The largest absolute Gasteiger partial charge is 0.384 e. The molecule has 0 amide bonds. The zero-order valence-corrected chi connectivity index (χ0v) is 9.12. The summed E-state index contributed by atoms with van der Waals surface area (Å²) in [7, 11) is 0. The van der Waals surface area contributed by atoms with Crippen molar-refractivity contribution >= 4 is 17.4 Å². The van der Waals surface area contributed by atoms with Gasteiger partial charge in [-0.15, -0.1) is 0 Å². The Bertz CT molecular complexity index is 525. The second-order valence-electron chi connectivity index (χ2n) is 3.27. The number of rotatable bonds is 1. The Morgan fingerprint density at radius 1 is 1.44 bits per heavy atom. The zero-order valence-electron chi connectivity index (χ0n) is 8.37. The molecule has 2 rings (SSSR count). The van der Waals surface area contributed by atoms with Gasteiger partial charge >= 0.3 is 0 Å². The van der Waals surface area contributed by atoms with Crippen LogP contribution in [0.4, 0.5) is 0 Å². The normalized spacial score (nSPS) is 15.1. The maximum atomic E-state index is 8.75. The first-order valence-corrected chi connectivity index (χ1v) is 5.05. The molecule has 1 aromatic rings. The van der Waals surface area contributed by atoms with Crippen molar-refractivity contribution in [2.45, 2.75) is 0 Å². The van der Waals surface area contributed by atoms with Gasteiger partial charge in [0, 0.05) is 5.56 Å². The van der Waals surface area contributed by atoms with E-state index < -0.39 is 0 Å². The van der Waals surface area contributed by atoms with Crippen molar-refractivity contribution in [2.24, 2.45) is 10.7 Å². The third kappa shape index (κ3) is 1.86. The van der Waals surface area contributed by atoms with Crippen LogP contribution in [0.1, 0.15) is 5.56 Å². The van der Waals surface area contributed by atoms with E-state index in [9.17, 15) is 0 Å². The number of nitrogens with two attached hydrogens (primary N) is 1. The summed E-state index contributed by atoms with van der Waals surface area (Å²) in [6.45, 7) is 0.288. The van der Waals surface area contributed by atoms with Gasteiger partial charge in [-0.05, 0) is 12.1 Å². The third-order valence-corrected chi connectivity index (χ3v) is 2.57. The molecule has 0 aliphatic carbocycles. The van der Waals surface area contributed by atoms with Crippen molar-refractivity contribution in [3.05, 3.63) is 46.2 Å². The highest BCUT2D eigenvalue weighted by Gasteiger charge is 2.15.